The van der Waals surface area contributed by atoms with E-state index in [9.17, 15) is 14.4 Å². The minimum absolute atomic E-state index is 0.301. The Labute approximate surface area is 139 Å². The van der Waals surface area contributed by atoms with E-state index in [1.165, 1.54) is 37.5 Å². The molecule has 0 aliphatic rings. The lowest BCUT2D eigenvalue weighted by Crippen LogP contribution is -2.40. The van der Waals surface area contributed by atoms with Crippen LogP contribution in [0, 0.1) is 0 Å². The van der Waals surface area contributed by atoms with Gasteiger partial charge in [-0.2, -0.15) is 0 Å². The zero-order chi connectivity index (χ0) is 17.4. The summed E-state index contributed by atoms with van der Waals surface area (Å²) in [6.07, 6.45) is 2.95. The van der Waals surface area contributed by atoms with Gasteiger partial charge in [0.1, 0.15) is 0 Å². The zero-order valence-electron chi connectivity index (χ0n) is 13.0. The van der Waals surface area contributed by atoms with E-state index in [0.717, 1.165) is 5.56 Å². The van der Waals surface area contributed by atoms with Crippen LogP contribution in [0.25, 0.3) is 6.08 Å². The van der Waals surface area contributed by atoms with Crippen LogP contribution in [0.4, 0.5) is 0 Å². The summed E-state index contributed by atoms with van der Waals surface area (Å²) in [6, 6.07) is 15.2. The van der Waals surface area contributed by atoms with E-state index < -0.39 is 17.8 Å². The van der Waals surface area contributed by atoms with Gasteiger partial charge < -0.3 is 4.74 Å². The molecule has 0 heterocycles. The fourth-order valence-electron chi connectivity index (χ4n) is 1.84. The van der Waals surface area contributed by atoms with Crippen LogP contribution in [0.5, 0.6) is 0 Å². The molecule has 2 N–H and O–H groups in total. The number of methoxy groups -OCH3 is 1. The van der Waals surface area contributed by atoms with Crippen molar-refractivity contribution in [2.75, 3.05) is 7.11 Å². The molecular formula is C18H16N2O4. The first-order valence-electron chi connectivity index (χ1n) is 7.12. The lowest BCUT2D eigenvalue weighted by Gasteiger charge is -2.06. The molecule has 0 aromatic heterocycles. The molecule has 2 rings (SSSR count). The molecule has 6 heteroatoms. The molecule has 0 saturated heterocycles. The van der Waals surface area contributed by atoms with Crippen molar-refractivity contribution >= 4 is 23.9 Å². The fourth-order valence-corrected chi connectivity index (χ4v) is 1.84. The summed E-state index contributed by atoms with van der Waals surface area (Å²) >= 11 is 0. The predicted octanol–water partition coefficient (Wildman–Crippen LogP) is 1.95. The van der Waals surface area contributed by atoms with Crippen LogP contribution >= 0.6 is 0 Å². The van der Waals surface area contributed by atoms with Crippen LogP contribution in [-0.4, -0.2) is 24.9 Å². The van der Waals surface area contributed by atoms with Crippen molar-refractivity contribution in [2.24, 2.45) is 0 Å². The normalized spacial score (nSPS) is 10.2. The summed E-state index contributed by atoms with van der Waals surface area (Å²) in [4.78, 5) is 34.9. The number of carbonyl (C=O) groups excluding carboxylic acids is 3. The smallest absolute Gasteiger partial charge is 0.337 e. The van der Waals surface area contributed by atoms with Crippen molar-refractivity contribution in [3.63, 3.8) is 0 Å². The van der Waals surface area contributed by atoms with Crippen molar-refractivity contribution in [1.82, 2.24) is 10.9 Å². The average molecular weight is 324 g/mol. The number of benzene rings is 2. The van der Waals surface area contributed by atoms with Crippen molar-refractivity contribution < 1.29 is 19.1 Å². The molecule has 0 radical (unpaired) electrons. The van der Waals surface area contributed by atoms with Gasteiger partial charge in [0.15, 0.2) is 0 Å². The first kappa shape index (κ1) is 17.0. The second-order valence-electron chi connectivity index (χ2n) is 4.76. The van der Waals surface area contributed by atoms with E-state index in [1.807, 2.05) is 30.3 Å². The first-order valence-corrected chi connectivity index (χ1v) is 7.12. The molecule has 0 saturated carbocycles. The van der Waals surface area contributed by atoms with Gasteiger partial charge in [-0.25, -0.2) is 4.79 Å². The number of esters is 1. The summed E-state index contributed by atoms with van der Waals surface area (Å²) in [5.41, 5.74) is 6.08. The van der Waals surface area contributed by atoms with Crippen molar-refractivity contribution in [3.05, 3.63) is 77.4 Å². The average Bonchev–Trinajstić information content (AvgIpc) is 2.64. The highest BCUT2D eigenvalue weighted by atomic mass is 16.5. The van der Waals surface area contributed by atoms with Gasteiger partial charge in [-0.05, 0) is 35.9 Å². The lowest BCUT2D eigenvalue weighted by atomic mass is 10.1. The number of carbonyl (C=O) groups is 3. The van der Waals surface area contributed by atoms with Crippen molar-refractivity contribution in [3.8, 4) is 0 Å². The third-order valence-corrected chi connectivity index (χ3v) is 3.09. The molecule has 2 aromatic carbocycles. The standard InChI is InChI=1S/C18H16N2O4/c1-24-18(23)15-10-8-14(9-11-15)17(22)20-19-16(21)12-7-13-5-3-2-4-6-13/h2-12H,1H3,(H,19,21)(H,20,22). The lowest BCUT2D eigenvalue weighted by molar-refractivity contribution is -0.117. The van der Waals surface area contributed by atoms with Crippen LogP contribution in [0.2, 0.25) is 0 Å². The second kappa shape index (κ2) is 8.28. The minimum Gasteiger partial charge on any atom is -0.465 e. The molecular weight excluding hydrogens is 308 g/mol. The van der Waals surface area contributed by atoms with E-state index in [4.69, 9.17) is 0 Å². The van der Waals surface area contributed by atoms with E-state index >= 15 is 0 Å². The number of amides is 2. The Balaban J connectivity index is 1.87. The minimum atomic E-state index is -0.493. The number of rotatable bonds is 4. The molecule has 0 atom stereocenters. The molecule has 0 fully saturated rings. The van der Waals surface area contributed by atoms with Gasteiger partial charge in [0.2, 0.25) is 0 Å². The summed E-state index contributed by atoms with van der Waals surface area (Å²) in [6.45, 7) is 0. The molecule has 0 aliphatic heterocycles. The van der Waals surface area contributed by atoms with E-state index in [-0.39, 0.29) is 0 Å². The Hall–Kier alpha value is -3.41. The molecule has 2 aromatic rings. The highest BCUT2D eigenvalue weighted by molar-refractivity contribution is 5.98. The number of hydrogen-bond donors (Lipinski definition) is 2. The Morgan fingerprint density at radius 1 is 0.875 bits per heavy atom. The van der Waals surface area contributed by atoms with Crippen LogP contribution < -0.4 is 10.9 Å². The molecule has 6 nitrogen and oxygen atoms in total. The van der Waals surface area contributed by atoms with Crippen LogP contribution in [0.1, 0.15) is 26.3 Å². The molecule has 24 heavy (non-hydrogen) atoms. The summed E-state index contributed by atoms with van der Waals surface area (Å²) in [5.74, 6) is -1.44. The number of hydrogen-bond acceptors (Lipinski definition) is 4. The van der Waals surface area contributed by atoms with Crippen LogP contribution in [0.3, 0.4) is 0 Å². The first-order chi connectivity index (χ1) is 11.6. The molecule has 0 spiro atoms. The second-order valence-corrected chi connectivity index (χ2v) is 4.76. The molecule has 0 bridgehead atoms. The number of hydrazine groups is 1. The summed E-state index contributed by atoms with van der Waals surface area (Å²) in [7, 11) is 1.28. The highest BCUT2D eigenvalue weighted by Gasteiger charge is 2.09. The van der Waals surface area contributed by atoms with E-state index in [1.54, 1.807) is 6.08 Å². The third kappa shape index (κ3) is 4.81. The van der Waals surface area contributed by atoms with Gasteiger partial charge in [0.05, 0.1) is 12.7 Å². The molecule has 0 unspecified atom stereocenters. The van der Waals surface area contributed by atoms with Crippen molar-refractivity contribution in [2.45, 2.75) is 0 Å². The van der Waals surface area contributed by atoms with Gasteiger partial charge in [-0.1, -0.05) is 30.3 Å². The van der Waals surface area contributed by atoms with Gasteiger partial charge in [-0.15, -0.1) is 0 Å². The van der Waals surface area contributed by atoms with Gasteiger partial charge >= 0.3 is 5.97 Å². The quantitative estimate of drug-likeness (QED) is 0.511. The Kier molecular flexibility index (Phi) is 5.85. The Morgan fingerprint density at radius 3 is 2.12 bits per heavy atom. The predicted molar refractivity (Wildman–Crippen MR) is 88.9 cm³/mol. The van der Waals surface area contributed by atoms with Gasteiger partial charge in [0.25, 0.3) is 11.8 Å². The summed E-state index contributed by atoms with van der Waals surface area (Å²) < 4.78 is 4.57. The van der Waals surface area contributed by atoms with E-state index in [2.05, 4.69) is 15.6 Å². The third-order valence-electron chi connectivity index (χ3n) is 3.09. The van der Waals surface area contributed by atoms with Gasteiger partial charge in [-0.3, -0.25) is 20.4 Å². The van der Waals surface area contributed by atoms with Gasteiger partial charge in [0, 0.05) is 11.6 Å². The molecule has 0 aliphatic carbocycles. The van der Waals surface area contributed by atoms with Crippen molar-refractivity contribution in [1.29, 1.82) is 0 Å². The zero-order valence-corrected chi connectivity index (χ0v) is 13.0. The largest absolute Gasteiger partial charge is 0.465 e. The van der Waals surface area contributed by atoms with Crippen LogP contribution in [0.15, 0.2) is 60.7 Å². The maximum Gasteiger partial charge on any atom is 0.337 e. The monoisotopic (exact) mass is 324 g/mol. The topological polar surface area (TPSA) is 84.5 Å². The maximum atomic E-state index is 11.9. The molecule has 122 valence electrons. The van der Waals surface area contributed by atoms with E-state index in [0.29, 0.717) is 11.1 Å². The van der Waals surface area contributed by atoms with Crippen LogP contribution in [-0.2, 0) is 9.53 Å². The highest BCUT2D eigenvalue weighted by Crippen LogP contribution is 2.05. The maximum absolute atomic E-state index is 11.9. The fraction of sp³-hybridized carbons (Fsp3) is 0.0556. The SMILES string of the molecule is COC(=O)c1ccc(C(=O)NNC(=O)C=Cc2ccccc2)cc1. The Morgan fingerprint density at radius 2 is 1.50 bits per heavy atom. The molecule has 2 amide bonds. The Bertz CT molecular complexity index is 752. The summed E-state index contributed by atoms with van der Waals surface area (Å²) in [5, 5.41) is 0. The number of ether oxygens (including phenoxy) is 1. The number of nitrogens with one attached hydrogen (secondary N) is 2.